The number of aromatic amines is 1. The molecule has 0 amide bonds. The number of aromatic nitrogens is 1. The first-order valence-electron chi connectivity index (χ1n) is 3.57. The van der Waals surface area contributed by atoms with Gasteiger partial charge in [0, 0.05) is 18.3 Å². The lowest BCUT2D eigenvalue weighted by Crippen LogP contribution is -2.09. The van der Waals surface area contributed by atoms with Gasteiger partial charge in [0.05, 0.1) is 5.69 Å². The Balaban J connectivity index is 2.41. The lowest BCUT2D eigenvalue weighted by molar-refractivity contribution is 0.813. The molecule has 3 nitrogen and oxygen atoms in total. The van der Waals surface area contributed by atoms with Gasteiger partial charge in [0.1, 0.15) is 5.82 Å². The molecule has 4 N–H and O–H groups in total. The van der Waals surface area contributed by atoms with Gasteiger partial charge in [-0.25, -0.2) is 0 Å². The maximum Gasteiger partial charge on any atom is 0.102 e. The maximum atomic E-state index is 5.56. The summed E-state index contributed by atoms with van der Waals surface area (Å²) in [6, 6.07) is 1.95. The Hall–Kier alpha value is -1.12. The van der Waals surface area contributed by atoms with Crippen molar-refractivity contribution in [3.05, 3.63) is 11.8 Å². The van der Waals surface area contributed by atoms with Gasteiger partial charge in [-0.05, 0) is 12.8 Å². The zero-order valence-corrected chi connectivity index (χ0v) is 5.78. The first-order valence-corrected chi connectivity index (χ1v) is 3.57. The molecule has 0 saturated heterocycles. The summed E-state index contributed by atoms with van der Waals surface area (Å²) in [7, 11) is 0. The predicted octanol–water partition coefficient (Wildman–Crippen LogP) is 0.955. The first kappa shape index (κ1) is 5.65. The van der Waals surface area contributed by atoms with Gasteiger partial charge in [-0.1, -0.05) is 0 Å². The molecule has 0 saturated carbocycles. The van der Waals surface area contributed by atoms with Crippen LogP contribution in [0.5, 0.6) is 0 Å². The Bertz CT molecular complexity index is 215. The van der Waals surface area contributed by atoms with E-state index in [4.69, 9.17) is 5.73 Å². The molecule has 1 aliphatic heterocycles. The number of H-pyrrole nitrogens is 1. The van der Waals surface area contributed by atoms with Gasteiger partial charge in [0.2, 0.25) is 0 Å². The first-order chi connectivity index (χ1) is 4.86. The van der Waals surface area contributed by atoms with Crippen molar-refractivity contribution in [3.8, 4) is 0 Å². The summed E-state index contributed by atoms with van der Waals surface area (Å²) in [5.74, 6) is 0.763. The van der Waals surface area contributed by atoms with E-state index in [0.717, 1.165) is 18.8 Å². The zero-order valence-electron chi connectivity index (χ0n) is 5.78. The van der Waals surface area contributed by atoms with E-state index >= 15 is 0 Å². The highest BCUT2D eigenvalue weighted by atomic mass is 15.0. The third-order valence-corrected chi connectivity index (χ3v) is 1.84. The number of nitrogen functional groups attached to an aromatic ring is 1. The van der Waals surface area contributed by atoms with Crippen LogP contribution < -0.4 is 11.1 Å². The van der Waals surface area contributed by atoms with E-state index in [9.17, 15) is 0 Å². The van der Waals surface area contributed by atoms with Gasteiger partial charge >= 0.3 is 0 Å². The van der Waals surface area contributed by atoms with E-state index < -0.39 is 0 Å². The van der Waals surface area contributed by atoms with E-state index in [1.807, 2.05) is 6.07 Å². The van der Waals surface area contributed by atoms with Gasteiger partial charge in [0.25, 0.3) is 0 Å². The third kappa shape index (κ3) is 0.744. The number of nitrogens with one attached hydrogen (secondary N) is 2. The normalized spacial score (nSPS) is 16.0. The van der Waals surface area contributed by atoms with Gasteiger partial charge in [-0.15, -0.1) is 0 Å². The second kappa shape index (κ2) is 1.94. The molecule has 2 heterocycles. The van der Waals surface area contributed by atoms with Crippen molar-refractivity contribution in [2.45, 2.75) is 12.8 Å². The Labute approximate surface area is 59.6 Å². The Morgan fingerprint density at radius 1 is 1.50 bits per heavy atom. The number of fused-ring (bicyclic) bond motifs is 1. The van der Waals surface area contributed by atoms with Crippen LogP contribution >= 0.6 is 0 Å². The molecule has 0 radical (unpaired) electrons. The maximum absolute atomic E-state index is 5.56. The lowest BCUT2D eigenvalue weighted by atomic mass is 10.1. The molecular weight excluding hydrogens is 126 g/mol. The Morgan fingerprint density at radius 2 is 2.40 bits per heavy atom. The van der Waals surface area contributed by atoms with Crippen molar-refractivity contribution in [1.29, 1.82) is 0 Å². The highest BCUT2D eigenvalue weighted by Crippen LogP contribution is 2.22. The quantitative estimate of drug-likeness (QED) is 0.498. The van der Waals surface area contributed by atoms with E-state index in [1.54, 1.807) is 0 Å². The number of hydrogen-bond acceptors (Lipinski definition) is 2. The van der Waals surface area contributed by atoms with Crippen LogP contribution in [-0.4, -0.2) is 11.5 Å². The van der Waals surface area contributed by atoms with E-state index in [-0.39, 0.29) is 0 Å². The van der Waals surface area contributed by atoms with Crippen LogP contribution in [0.3, 0.4) is 0 Å². The fourth-order valence-corrected chi connectivity index (χ4v) is 1.36. The Kier molecular flexibility index (Phi) is 1.09. The van der Waals surface area contributed by atoms with E-state index in [0.29, 0.717) is 0 Å². The molecule has 0 aromatic carbocycles. The molecule has 0 aliphatic carbocycles. The van der Waals surface area contributed by atoms with Gasteiger partial charge in [-0.3, -0.25) is 0 Å². The standard InChI is InChI=1S/C7H11N3/c8-7-4-6-5(10-7)2-1-3-9-6/h4,9-10H,1-3,8H2. The molecule has 0 fully saturated rings. The summed E-state index contributed by atoms with van der Waals surface area (Å²) in [6.07, 6.45) is 2.33. The van der Waals surface area contributed by atoms with Crippen LogP contribution in [0.1, 0.15) is 12.1 Å². The topological polar surface area (TPSA) is 53.8 Å². The van der Waals surface area contributed by atoms with Gasteiger partial charge < -0.3 is 16.0 Å². The van der Waals surface area contributed by atoms with E-state index in [2.05, 4.69) is 10.3 Å². The van der Waals surface area contributed by atoms with Gasteiger partial charge in [0.15, 0.2) is 0 Å². The number of aryl methyl sites for hydroxylation is 1. The molecule has 54 valence electrons. The monoisotopic (exact) mass is 137 g/mol. The van der Waals surface area contributed by atoms with Crippen molar-refractivity contribution < 1.29 is 0 Å². The van der Waals surface area contributed by atoms with Crippen molar-refractivity contribution in [2.24, 2.45) is 0 Å². The smallest absolute Gasteiger partial charge is 0.102 e. The molecule has 1 aromatic rings. The van der Waals surface area contributed by atoms with Crippen LogP contribution in [0.4, 0.5) is 11.5 Å². The molecule has 0 bridgehead atoms. The minimum atomic E-state index is 0.763. The zero-order chi connectivity index (χ0) is 6.97. The van der Waals surface area contributed by atoms with Gasteiger partial charge in [-0.2, -0.15) is 0 Å². The molecule has 1 aromatic heterocycles. The molecule has 0 spiro atoms. The van der Waals surface area contributed by atoms with Crippen molar-refractivity contribution in [2.75, 3.05) is 17.6 Å². The van der Waals surface area contributed by atoms with Crippen LogP contribution in [0.2, 0.25) is 0 Å². The summed E-state index contributed by atoms with van der Waals surface area (Å²) in [5, 5.41) is 3.27. The minimum Gasteiger partial charge on any atom is -0.385 e. The molecule has 0 atom stereocenters. The summed E-state index contributed by atoms with van der Waals surface area (Å²) in [4.78, 5) is 3.11. The minimum absolute atomic E-state index is 0.763. The van der Waals surface area contributed by atoms with Crippen LogP contribution in [-0.2, 0) is 6.42 Å². The Morgan fingerprint density at radius 3 is 3.20 bits per heavy atom. The number of anilines is 2. The molecule has 2 rings (SSSR count). The average molecular weight is 137 g/mol. The fraction of sp³-hybridized carbons (Fsp3) is 0.429. The van der Waals surface area contributed by atoms with Crippen LogP contribution in [0.25, 0.3) is 0 Å². The highest BCUT2D eigenvalue weighted by Gasteiger charge is 2.09. The highest BCUT2D eigenvalue weighted by molar-refractivity contribution is 5.58. The molecule has 10 heavy (non-hydrogen) atoms. The van der Waals surface area contributed by atoms with Crippen molar-refractivity contribution in [1.82, 2.24) is 4.98 Å². The van der Waals surface area contributed by atoms with Crippen LogP contribution in [0, 0.1) is 0 Å². The molecule has 3 heteroatoms. The van der Waals surface area contributed by atoms with E-state index in [1.165, 1.54) is 17.8 Å². The number of nitrogens with two attached hydrogens (primary N) is 1. The lowest BCUT2D eigenvalue weighted by Gasteiger charge is -2.12. The SMILES string of the molecule is Nc1cc2c([nH]1)CCCN2. The molecular formula is C7H11N3. The number of hydrogen-bond donors (Lipinski definition) is 3. The average Bonchev–Trinajstić information content (AvgIpc) is 2.27. The summed E-state index contributed by atoms with van der Waals surface area (Å²) >= 11 is 0. The third-order valence-electron chi connectivity index (χ3n) is 1.84. The van der Waals surface area contributed by atoms with Crippen molar-refractivity contribution >= 4 is 11.5 Å². The van der Waals surface area contributed by atoms with Crippen LogP contribution in [0.15, 0.2) is 6.07 Å². The fourth-order valence-electron chi connectivity index (χ4n) is 1.36. The predicted molar refractivity (Wildman–Crippen MR) is 42.0 cm³/mol. The molecule has 1 aliphatic rings. The summed E-state index contributed by atoms with van der Waals surface area (Å²) in [5.41, 5.74) is 8.00. The molecule has 0 unspecified atom stereocenters. The summed E-state index contributed by atoms with van der Waals surface area (Å²) in [6.45, 7) is 1.07. The second-order valence-corrected chi connectivity index (χ2v) is 2.65. The second-order valence-electron chi connectivity index (χ2n) is 2.65. The largest absolute Gasteiger partial charge is 0.385 e. The number of rotatable bonds is 0. The van der Waals surface area contributed by atoms with Crippen molar-refractivity contribution in [3.63, 3.8) is 0 Å². The summed E-state index contributed by atoms with van der Waals surface area (Å²) < 4.78 is 0.